The number of aliphatic carboxylic acids is 1. The second kappa shape index (κ2) is 5.54. The average Bonchev–Trinajstić information content (AvgIpc) is 2.26. The van der Waals surface area contributed by atoms with Crippen molar-refractivity contribution in [1.29, 1.82) is 0 Å². The molecule has 0 aliphatic rings. The van der Waals surface area contributed by atoms with Crippen LogP contribution in [0.4, 0.5) is 0 Å². The van der Waals surface area contributed by atoms with Crippen molar-refractivity contribution in [3.63, 3.8) is 0 Å². The molecule has 1 N–H and O–H groups in total. The molecule has 1 aromatic carbocycles. The van der Waals surface area contributed by atoms with Crippen molar-refractivity contribution >= 4 is 5.97 Å². The minimum Gasteiger partial charge on any atom is -0.481 e. The third-order valence-corrected chi connectivity index (χ3v) is 2.94. The van der Waals surface area contributed by atoms with Crippen molar-refractivity contribution in [2.45, 2.75) is 32.6 Å². The zero-order valence-corrected chi connectivity index (χ0v) is 9.31. The van der Waals surface area contributed by atoms with E-state index in [9.17, 15) is 9.90 Å². The average molecular weight is 206 g/mol. The summed E-state index contributed by atoms with van der Waals surface area (Å²) >= 11 is 0. The second-order valence-electron chi connectivity index (χ2n) is 3.80. The van der Waals surface area contributed by atoms with Gasteiger partial charge in [-0.15, -0.1) is 0 Å². The molecule has 0 aliphatic heterocycles. The van der Waals surface area contributed by atoms with Crippen molar-refractivity contribution in [2.24, 2.45) is 5.92 Å². The monoisotopic (exact) mass is 206 g/mol. The van der Waals surface area contributed by atoms with Crippen LogP contribution in [0, 0.1) is 5.92 Å². The molecule has 0 unspecified atom stereocenters. The van der Waals surface area contributed by atoms with Gasteiger partial charge in [-0.3, -0.25) is 4.79 Å². The van der Waals surface area contributed by atoms with Gasteiger partial charge in [-0.05, 0) is 11.5 Å². The van der Waals surface area contributed by atoms with E-state index in [0.717, 1.165) is 18.4 Å². The van der Waals surface area contributed by atoms with Gasteiger partial charge in [-0.25, -0.2) is 0 Å². The van der Waals surface area contributed by atoms with Gasteiger partial charge in [-0.1, -0.05) is 57.0 Å². The lowest BCUT2D eigenvalue weighted by Crippen LogP contribution is -2.20. The Morgan fingerprint density at radius 2 is 1.73 bits per heavy atom. The molecule has 82 valence electrons. The van der Waals surface area contributed by atoms with Crippen molar-refractivity contribution in [2.75, 3.05) is 0 Å². The first-order valence-corrected chi connectivity index (χ1v) is 5.48. The minimum absolute atomic E-state index is 0.227. The fourth-order valence-corrected chi connectivity index (χ4v) is 2.04. The molecule has 0 amide bonds. The summed E-state index contributed by atoms with van der Waals surface area (Å²) < 4.78 is 0. The predicted molar refractivity (Wildman–Crippen MR) is 60.9 cm³/mol. The smallest absolute Gasteiger partial charge is 0.311 e. The van der Waals surface area contributed by atoms with E-state index in [1.54, 1.807) is 0 Å². The molecule has 0 spiro atoms. The summed E-state index contributed by atoms with van der Waals surface area (Å²) in [5.41, 5.74) is 0.915. The van der Waals surface area contributed by atoms with Crippen LogP contribution in [0.25, 0.3) is 0 Å². The number of rotatable bonds is 5. The molecule has 0 heterocycles. The number of carbonyl (C=O) groups is 1. The van der Waals surface area contributed by atoms with Gasteiger partial charge in [0.1, 0.15) is 0 Å². The van der Waals surface area contributed by atoms with Crippen LogP contribution in [-0.4, -0.2) is 11.1 Å². The third kappa shape index (κ3) is 2.82. The predicted octanol–water partition coefficient (Wildman–Crippen LogP) is 3.29. The van der Waals surface area contributed by atoms with E-state index in [-0.39, 0.29) is 11.8 Å². The van der Waals surface area contributed by atoms with E-state index in [2.05, 4.69) is 0 Å². The Balaban J connectivity index is 2.97. The Morgan fingerprint density at radius 3 is 2.13 bits per heavy atom. The number of hydrogen-bond donors (Lipinski definition) is 1. The lowest BCUT2D eigenvalue weighted by Gasteiger charge is -2.21. The van der Waals surface area contributed by atoms with Crippen LogP contribution in [0.3, 0.4) is 0 Å². The number of hydrogen-bond acceptors (Lipinski definition) is 1. The summed E-state index contributed by atoms with van der Waals surface area (Å²) in [5.74, 6) is -0.846. The lowest BCUT2D eigenvalue weighted by atomic mass is 9.83. The van der Waals surface area contributed by atoms with Gasteiger partial charge in [0.25, 0.3) is 0 Å². The molecule has 0 radical (unpaired) electrons. The molecule has 0 saturated carbocycles. The summed E-state index contributed by atoms with van der Waals surface area (Å²) in [4.78, 5) is 11.3. The lowest BCUT2D eigenvalue weighted by molar-refractivity contribution is -0.140. The fourth-order valence-electron chi connectivity index (χ4n) is 2.04. The summed E-state index contributed by atoms with van der Waals surface area (Å²) in [6, 6.07) is 9.50. The first-order chi connectivity index (χ1) is 7.20. The maximum atomic E-state index is 11.3. The van der Waals surface area contributed by atoms with Gasteiger partial charge in [-0.2, -0.15) is 0 Å². The fraction of sp³-hybridized carbons (Fsp3) is 0.462. The highest BCUT2D eigenvalue weighted by molar-refractivity contribution is 5.76. The Labute approximate surface area is 90.9 Å². The summed E-state index contributed by atoms with van der Waals surface area (Å²) in [6.07, 6.45) is 1.81. The summed E-state index contributed by atoms with van der Waals surface area (Å²) in [6.45, 7) is 4.10. The maximum Gasteiger partial charge on any atom is 0.311 e. The first kappa shape index (κ1) is 11.8. The Hall–Kier alpha value is -1.31. The first-order valence-electron chi connectivity index (χ1n) is 5.48. The summed E-state index contributed by atoms with van der Waals surface area (Å²) in [5, 5.41) is 9.26. The van der Waals surface area contributed by atoms with E-state index in [0.29, 0.717) is 0 Å². The number of carboxylic acids is 1. The SMILES string of the molecule is CCC(CC)[C@H](C(=O)O)c1ccccc1. The Kier molecular flexibility index (Phi) is 4.35. The minimum atomic E-state index is -0.713. The zero-order chi connectivity index (χ0) is 11.3. The molecule has 2 heteroatoms. The summed E-state index contributed by atoms with van der Waals surface area (Å²) in [7, 11) is 0. The quantitative estimate of drug-likeness (QED) is 0.802. The molecular weight excluding hydrogens is 188 g/mol. The molecule has 0 saturated heterocycles. The largest absolute Gasteiger partial charge is 0.481 e. The second-order valence-corrected chi connectivity index (χ2v) is 3.80. The van der Waals surface area contributed by atoms with Crippen molar-refractivity contribution < 1.29 is 9.90 Å². The van der Waals surface area contributed by atoms with Gasteiger partial charge < -0.3 is 5.11 Å². The molecule has 0 fully saturated rings. The Bertz CT molecular complexity index is 302. The highest BCUT2D eigenvalue weighted by Gasteiger charge is 2.26. The molecule has 1 aromatic rings. The van der Waals surface area contributed by atoms with Crippen LogP contribution in [0.1, 0.15) is 38.2 Å². The van der Waals surface area contributed by atoms with E-state index >= 15 is 0 Å². The van der Waals surface area contributed by atoms with Gasteiger partial charge >= 0.3 is 5.97 Å². The van der Waals surface area contributed by atoms with Crippen LogP contribution in [0.15, 0.2) is 30.3 Å². The van der Waals surface area contributed by atoms with Crippen molar-refractivity contribution in [1.82, 2.24) is 0 Å². The number of carboxylic acid groups (broad SMARTS) is 1. The third-order valence-electron chi connectivity index (χ3n) is 2.94. The van der Waals surface area contributed by atoms with Gasteiger partial charge in [0.15, 0.2) is 0 Å². The van der Waals surface area contributed by atoms with Crippen LogP contribution >= 0.6 is 0 Å². The topological polar surface area (TPSA) is 37.3 Å². The molecule has 15 heavy (non-hydrogen) atoms. The van der Waals surface area contributed by atoms with Gasteiger partial charge in [0, 0.05) is 0 Å². The molecule has 0 aliphatic carbocycles. The van der Waals surface area contributed by atoms with Crippen molar-refractivity contribution in [3.05, 3.63) is 35.9 Å². The zero-order valence-electron chi connectivity index (χ0n) is 9.31. The van der Waals surface area contributed by atoms with Crippen LogP contribution in [0.5, 0.6) is 0 Å². The van der Waals surface area contributed by atoms with E-state index in [1.807, 2.05) is 44.2 Å². The molecule has 2 nitrogen and oxygen atoms in total. The van der Waals surface area contributed by atoms with E-state index < -0.39 is 5.97 Å². The van der Waals surface area contributed by atoms with Crippen molar-refractivity contribution in [3.8, 4) is 0 Å². The molecule has 0 bridgehead atoms. The molecule has 1 atom stereocenters. The molecular formula is C13H18O2. The van der Waals surface area contributed by atoms with Crippen LogP contribution < -0.4 is 0 Å². The van der Waals surface area contributed by atoms with Gasteiger partial charge in [0.2, 0.25) is 0 Å². The highest BCUT2D eigenvalue weighted by atomic mass is 16.4. The van der Waals surface area contributed by atoms with E-state index in [4.69, 9.17) is 0 Å². The van der Waals surface area contributed by atoms with Gasteiger partial charge in [0.05, 0.1) is 5.92 Å². The van der Waals surface area contributed by atoms with Crippen LogP contribution in [-0.2, 0) is 4.79 Å². The number of benzene rings is 1. The highest BCUT2D eigenvalue weighted by Crippen LogP contribution is 2.29. The standard InChI is InChI=1S/C13H18O2/c1-3-10(4-2)12(13(14)15)11-8-6-5-7-9-11/h5-10,12H,3-4H2,1-2H3,(H,14,15)/t12-/m0/s1. The molecule has 0 aromatic heterocycles. The Morgan fingerprint density at radius 1 is 1.20 bits per heavy atom. The van der Waals surface area contributed by atoms with E-state index in [1.165, 1.54) is 0 Å². The molecule has 1 rings (SSSR count). The maximum absolute atomic E-state index is 11.3. The van der Waals surface area contributed by atoms with Crippen LogP contribution in [0.2, 0.25) is 0 Å². The normalized spacial score (nSPS) is 12.7.